The minimum absolute atomic E-state index is 0.729. The highest BCUT2D eigenvalue weighted by molar-refractivity contribution is 6.30. The molecular weight excluding hydrogens is 358 g/mol. The van der Waals surface area contributed by atoms with E-state index in [9.17, 15) is 0 Å². The first-order valence-electron chi connectivity index (χ1n) is 9.48. The highest BCUT2D eigenvalue weighted by atomic mass is 35.5. The minimum Gasteiger partial charge on any atom is -0.354 e. The lowest BCUT2D eigenvalue weighted by atomic mass is 10.2. The van der Waals surface area contributed by atoms with Crippen molar-refractivity contribution in [2.45, 2.75) is 13.3 Å². The van der Waals surface area contributed by atoms with E-state index >= 15 is 0 Å². The Morgan fingerprint density at radius 3 is 2.56 bits per heavy atom. The number of nitrogens with zero attached hydrogens (tertiary/aromatic N) is 4. The predicted molar refractivity (Wildman–Crippen MR) is 111 cm³/mol. The van der Waals surface area contributed by atoms with Gasteiger partial charge in [0.1, 0.15) is 11.6 Å². The number of imidazole rings is 1. The van der Waals surface area contributed by atoms with E-state index in [0.29, 0.717) is 0 Å². The van der Waals surface area contributed by atoms with Crippen molar-refractivity contribution in [2.24, 2.45) is 0 Å². The first-order valence-corrected chi connectivity index (χ1v) is 9.86. The quantitative estimate of drug-likeness (QED) is 0.714. The van der Waals surface area contributed by atoms with E-state index in [1.54, 1.807) is 0 Å². The van der Waals surface area contributed by atoms with Gasteiger partial charge in [0.05, 0.1) is 5.69 Å². The molecule has 0 atom stereocenters. The van der Waals surface area contributed by atoms with Crippen LogP contribution in [0.25, 0.3) is 22.6 Å². The summed E-state index contributed by atoms with van der Waals surface area (Å²) in [6.07, 6.45) is 5.01. The Balaban J connectivity index is 1.51. The van der Waals surface area contributed by atoms with Crippen LogP contribution < -0.4 is 4.90 Å². The van der Waals surface area contributed by atoms with E-state index in [1.165, 1.54) is 13.0 Å². The number of benzene rings is 1. The van der Waals surface area contributed by atoms with Gasteiger partial charge in [-0.2, -0.15) is 0 Å². The second-order valence-electron chi connectivity index (χ2n) is 6.87. The molecule has 0 amide bonds. The zero-order valence-electron chi connectivity index (χ0n) is 15.5. The number of hydrogen-bond acceptors (Lipinski definition) is 4. The average molecular weight is 382 g/mol. The third-order valence-corrected chi connectivity index (χ3v) is 5.22. The zero-order valence-corrected chi connectivity index (χ0v) is 16.3. The lowest BCUT2D eigenvalue weighted by molar-refractivity contribution is 0.258. The summed E-state index contributed by atoms with van der Waals surface area (Å²) in [5.41, 5.74) is 3.01. The van der Waals surface area contributed by atoms with Gasteiger partial charge in [0.15, 0.2) is 0 Å². The summed E-state index contributed by atoms with van der Waals surface area (Å²) in [7, 11) is 0. The summed E-state index contributed by atoms with van der Waals surface area (Å²) in [5.74, 6) is 1.88. The smallest absolute Gasteiger partial charge is 0.138 e. The molecule has 5 nitrogen and oxygen atoms in total. The Morgan fingerprint density at radius 2 is 1.81 bits per heavy atom. The molecular formula is C21H24ClN5. The maximum Gasteiger partial charge on any atom is 0.138 e. The van der Waals surface area contributed by atoms with Crippen molar-refractivity contribution in [3.05, 3.63) is 53.8 Å². The molecule has 1 saturated heterocycles. The summed E-state index contributed by atoms with van der Waals surface area (Å²) in [4.78, 5) is 17.5. The van der Waals surface area contributed by atoms with Crippen molar-refractivity contribution in [3.63, 3.8) is 0 Å². The van der Waals surface area contributed by atoms with Crippen LogP contribution in [0.15, 0.2) is 48.8 Å². The summed E-state index contributed by atoms with van der Waals surface area (Å²) in [6, 6.07) is 11.9. The van der Waals surface area contributed by atoms with E-state index in [4.69, 9.17) is 16.6 Å². The molecule has 0 unspecified atom stereocenters. The number of aromatic nitrogens is 3. The average Bonchev–Trinajstić information content (AvgIpc) is 3.20. The molecule has 6 heteroatoms. The Kier molecular flexibility index (Phi) is 5.41. The van der Waals surface area contributed by atoms with E-state index in [1.807, 2.05) is 42.7 Å². The fourth-order valence-electron chi connectivity index (χ4n) is 3.49. The number of piperazine rings is 1. The normalized spacial score (nSPS) is 15.3. The molecule has 0 radical (unpaired) electrons. The molecule has 0 saturated carbocycles. The zero-order chi connectivity index (χ0) is 18.6. The standard InChI is InChI=1S/C21H24ClN5/c1-2-9-26-10-12-27(13-11-26)20-14-17(7-8-23-20)21-24-15-19(25-21)16-3-5-18(22)6-4-16/h3-8,14-15H,2,9-13H2,1H3,(H,24,25). The Morgan fingerprint density at radius 1 is 1.04 bits per heavy atom. The van der Waals surface area contributed by atoms with Crippen LogP contribution in [0, 0.1) is 0 Å². The first-order chi connectivity index (χ1) is 13.2. The highest BCUT2D eigenvalue weighted by Gasteiger charge is 2.18. The number of anilines is 1. The molecule has 3 aromatic rings. The maximum atomic E-state index is 5.98. The van der Waals surface area contributed by atoms with Crippen molar-refractivity contribution in [1.29, 1.82) is 0 Å². The van der Waals surface area contributed by atoms with Crippen molar-refractivity contribution < 1.29 is 0 Å². The number of halogens is 1. The lowest BCUT2D eigenvalue weighted by Crippen LogP contribution is -2.46. The SMILES string of the molecule is CCCN1CCN(c2cc(-c3nc(-c4ccc(Cl)cc4)c[nH]3)ccn2)CC1. The van der Waals surface area contributed by atoms with Gasteiger partial charge in [0.25, 0.3) is 0 Å². The van der Waals surface area contributed by atoms with Crippen LogP contribution in [-0.4, -0.2) is 52.6 Å². The van der Waals surface area contributed by atoms with Gasteiger partial charge < -0.3 is 9.88 Å². The number of rotatable bonds is 5. The number of aromatic amines is 1. The van der Waals surface area contributed by atoms with Crippen molar-refractivity contribution >= 4 is 17.4 Å². The molecule has 4 rings (SSSR count). The van der Waals surface area contributed by atoms with Crippen LogP contribution in [0.1, 0.15) is 13.3 Å². The molecule has 3 heterocycles. The van der Waals surface area contributed by atoms with Gasteiger partial charge in [-0.3, -0.25) is 4.90 Å². The predicted octanol–water partition coefficient (Wildman–Crippen LogP) is 4.32. The van der Waals surface area contributed by atoms with Gasteiger partial charge >= 0.3 is 0 Å². The minimum atomic E-state index is 0.729. The van der Waals surface area contributed by atoms with Crippen LogP contribution in [0.3, 0.4) is 0 Å². The molecule has 1 aliphatic heterocycles. The first kappa shape index (κ1) is 18.0. The van der Waals surface area contributed by atoms with Gasteiger partial charge in [-0.1, -0.05) is 30.7 Å². The van der Waals surface area contributed by atoms with Crippen molar-refractivity contribution in [1.82, 2.24) is 19.9 Å². The molecule has 0 aliphatic carbocycles. The molecule has 140 valence electrons. The second-order valence-corrected chi connectivity index (χ2v) is 7.31. The summed E-state index contributed by atoms with van der Waals surface area (Å²) in [5, 5.41) is 0.729. The van der Waals surface area contributed by atoms with Gasteiger partial charge in [0, 0.05) is 54.7 Å². The van der Waals surface area contributed by atoms with Crippen LogP contribution in [-0.2, 0) is 0 Å². The van der Waals surface area contributed by atoms with Crippen LogP contribution in [0.2, 0.25) is 5.02 Å². The fraction of sp³-hybridized carbons (Fsp3) is 0.333. The van der Waals surface area contributed by atoms with Crippen molar-refractivity contribution in [3.8, 4) is 22.6 Å². The lowest BCUT2D eigenvalue weighted by Gasteiger charge is -2.35. The van der Waals surface area contributed by atoms with Crippen LogP contribution in [0.5, 0.6) is 0 Å². The third kappa shape index (κ3) is 4.15. The van der Waals surface area contributed by atoms with Gasteiger partial charge in [-0.25, -0.2) is 9.97 Å². The molecule has 2 aromatic heterocycles. The van der Waals surface area contributed by atoms with Crippen LogP contribution in [0.4, 0.5) is 5.82 Å². The highest BCUT2D eigenvalue weighted by Crippen LogP contribution is 2.25. The van der Waals surface area contributed by atoms with Gasteiger partial charge in [-0.15, -0.1) is 0 Å². The molecule has 1 fully saturated rings. The fourth-order valence-corrected chi connectivity index (χ4v) is 3.62. The summed E-state index contributed by atoms with van der Waals surface area (Å²) >= 11 is 5.98. The Bertz CT molecular complexity index is 882. The molecule has 0 spiro atoms. The number of nitrogens with one attached hydrogen (secondary N) is 1. The number of pyridine rings is 1. The van der Waals surface area contributed by atoms with E-state index in [-0.39, 0.29) is 0 Å². The number of hydrogen-bond donors (Lipinski definition) is 1. The van der Waals surface area contributed by atoms with Gasteiger partial charge in [0.2, 0.25) is 0 Å². The van der Waals surface area contributed by atoms with Crippen LogP contribution >= 0.6 is 11.6 Å². The molecule has 0 bridgehead atoms. The van der Waals surface area contributed by atoms with Crippen molar-refractivity contribution in [2.75, 3.05) is 37.6 Å². The Labute approximate surface area is 165 Å². The molecule has 1 aromatic carbocycles. The topological polar surface area (TPSA) is 48.0 Å². The second kappa shape index (κ2) is 8.11. The Hall–Kier alpha value is -2.37. The summed E-state index contributed by atoms with van der Waals surface area (Å²) in [6.45, 7) is 7.65. The van der Waals surface area contributed by atoms with E-state index < -0.39 is 0 Å². The molecule has 1 N–H and O–H groups in total. The largest absolute Gasteiger partial charge is 0.354 e. The monoisotopic (exact) mass is 381 g/mol. The molecule has 1 aliphatic rings. The van der Waals surface area contributed by atoms with Gasteiger partial charge in [-0.05, 0) is 37.2 Å². The molecule has 27 heavy (non-hydrogen) atoms. The third-order valence-electron chi connectivity index (χ3n) is 4.97. The summed E-state index contributed by atoms with van der Waals surface area (Å²) < 4.78 is 0. The van der Waals surface area contributed by atoms with E-state index in [2.05, 4.69) is 32.8 Å². The van der Waals surface area contributed by atoms with E-state index in [0.717, 1.165) is 59.7 Å². The maximum absolute atomic E-state index is 5.98. The number of H-pyrrole nitrogens is 1.